The number of amides is 2. The molecule has 1 aliphatic heterocycles. The quantitative estimate of drug-likeness (QED) is 0.649. The third-order valence-electron chi connectivity index (χ3n) is 3.60. The van der Waals surface area contributed by atoms with E-state index in [9.17, 15) is 9.59 Å². The Balaban J connectivity index is 2.16. The van der Waals surface area contributed by atoms with Crippen LogP contribution in [0.5, 0.6) is 0 Å². The number of halogens is 1. The van der Waals surface area contributed by atoms with Crippen molar-refractivity contribution in [1.82, 2.24) is 0 Å². The smallest absolute Gasteiger partial charge is 0.266 e. The summed E-state index contributed by atoms with van der Waals surface area (Å²) in [5.41, 5.74) is 9.13. The SMILES string of the molecule is Cc1ccc2c(c1)C(=O)N(c1cc(Cl)c(N)cc1C)C2=O. The van der Waals surface area contributed by atoms with Gasteiger partial charge < -0.3 is 5.73 Å². The van der Waals surface area contributed by atoms with Gasteiger partial charge in [-0.2, -0.15) is 0 Å². The molecule has 0 radical (unpaired) electrons. The summed E-state index contributed by atoms with van der Waals surface area (Å²) in [5.74, 6) is -0.665. The maximum Gasteiger partial charge on any atom is 0.266 e. The summed E-state index contributed by atoms with van der Waals surface area (Å²) in [6.07, 6.45) is 0. The third kappa shape index (κ3) is 1.99. The summed E-state index contributed by atoms with van der Waals surface area (Å²) >= 11 is 6.02. The second kappa shape index (κ2) is 4.60. The molecule has 106 valence electrons. The van der Waals surface area contributed by atoms with E-state index in [-0.39, 0.29) is 11.8 Å². The van der Waals surface area contributed by atoms with Gasteiger partial charge in [-0.1, -0.05) is 23.2 Å². The standard InChI is InChI=1S/C16H13ClN2O2/c1-8-3-4-10-11(5-8)16(21)19(15(10)20)14-7-12(17)13(18)6-9(14)2/h3-7H,18H2,1-2H3. The molecule has 0 fully saturated rings. The van der Waals surface area contributed by atoms with Gasteiger partial charge in [0.25, 0.3) is 11.8 Å². The van der Waals surface area contributed by atoms with Crippen LogP contribution in [0, 0.1) is 13.8 Å². The Morgan fingerprint density at radius 2 is 1.67 bits per heavy atom. The number of hydrogen-bond acceptors (Lipinski definition) is 3. The van der Waals surface area contributed by atoms with E-state index in [0.717, 1.165) is 16.0 Å². The number of imide groups is 1. The predicted molar refractivity (Wildman–Crippen MR) is 82.9 cm³/mol. The highest BCUT2D eigenvalue weighted by molar-refractivity contribution is 6.36. The molecule has 0 saturated carbocycles. The molecule has 0 aromatic heterocycles. The molecule has 0 aliphatic carbocycles. The molecule has 3 rings (SSSR count). The van der Waals surface area contributed by atoms with Crippen molar-refractivity contribution in [3.05, 3.63) is 57.6 Å². The van der Waals surface area contributed by atoms with Crippen molar-refractivity contribution in [1.29, 1.82) is 0 Å². The van der Waals surface area contributed by atoms with Gasteiger partial charge in [0.2, 0.25) is 0 Å². The first-order chi connectivity index (χ1) is 9.90. The molecular formula is C16H13ClN2O2. The molecule has 0 bridgehead atoms. The van der Waals surface area contributed by atoms with E-state index in [4.69, 9.17) is 17.3 Å². The van der Waals surface area contributed by atoms with E-state index >= 15 is 0 Å². The van der Waals surface area contributed by atoms with E-state index < -0.39 is 0 Å². The van der Waals surface area contributed by atoms with E-state index in [0.29, 0.717) is 27.5 Å². The average Bonchev–Trinajstić information content (AvgIpc) is 2.66. The Hall–Kier alpha value is -2.33. The Morgan fingerprint density at radius 1 is 1.00 bits per heavy atom. The predicted octanol–water partition coefficient (Wildman–Crippen LogP) is 3.34. The molecule has 0 atom stereocenters. The van der Waals surface area contributed by atoms with Gasteiger partial charge in [-0.15, -0.1) is 0 Å². The molecular weight excluding hydrogens is 288 g/mol. The normalized spacial score (nSPS) is 13.8. The van der Waals surface area contributed by atoms with Gasteiger partial charge >= 0.3 is 0 Å². The largest absolute Gasteiger partial charge is 0.398 e. The maximum absolute atomic E-state index is 12.5. The van der Waals surface area contributed by atoms with E-state index in [2.05, 4.69) is 0 Å². The molecule has 0 unspecified atom stereocenters. The summed E-state index contributed by atoms with van der Waals surface area (Å²) in [6.45, 7) is 3.67. The summed E-state index contributed by atoms with van der Waals surface area (Å²) in [6, 6.07) is 8.44. The zero-order chi connectivity index (χ0) is 15.3. The van der Waals surface area contributed by atoms with Crippen molar-refractivity contribution < 1.29 is 9.59 Å². The summed E-state index contributed by atoms with van der Waals surface area (Å²) in [4.78, 5) is 26.2. The molecule has 0 spiro atoms. The highest BCUT2D eigenvalue weighted by atomic mass is 35.5. The van der Waals surface area contributed by atoms with Crippen LogP contribution in [0.15, 0.2) is 30.3 Å². The van der Waals surface area contributed by atoms with Crippen molar-refractivity contribution in [3.63, 3.8) is 0 Å². The average molecular weight is 301 g/mol. The monoisotopic (exact) mass is 300 g/mol. The van der Waals surface area contributed by atoms with Gasteiger partial charge in [0.1, 0.15) is 0 Å². The number of benzene rings is 2. The number of nitrogens with two attached hydrogens (primary N) is 1. The summed E-state index contributed by atoms with van der Waals surface area (Å²) in [5, 5.41) is 0.323. The van der Waals surface area contributed by atoms with Crippen LogP contribution in [0.3, 0.4) is 0 Å². The number of carbonyl (C=O) groups is 2. The highest BCUT2D eigenvalue weighted by Gasteiger charge is 2.37. The fourth-order valence-electron chi connectivity index (χ4n) is 2.51. The zero-order valence-corrected chi connectivity index (χ0v) is 12.4. The number of carbonyl (C=O) groups excluding carboxylic acids is 2. The Labute approximate surface area is 127 Å². The minimum Gasteiger partial charge on any atom is -0.398 e. The lowest BCUT2D eigenvalue weighted by atomic mass is 10.1. The Bertz CT molecular complexity index is 799. The second-order valence-corrected chi connectivity index (χ2v) is 5.56. The van der Waals surface area contributed by atoms with Crippen LogP contribution in [0.25, 0.3) is 0 Å². The molecule has 2 aromatic rings. The number of anilines is 2. The fourth-order valence-corrected chi connectivity index (χ4v) is 2.67. The Morgan fingerprint density at radius 3 is 2.38 bits per heavy atom. The van der Waals surface area contributed by atoms with Crippen molar-refractivity contribution in [2.45, 2.75) is 13.8 Å². The lowest BCUT2D eigenvalue weighted by Crippen LogP contribution is -2.30. The zero-order valence-electron chi connectivity index (χ0n) is 11.6. The lowest BCUT2D eigenvalue weighted by molar-refractivity contribution is 0.0926. The molecule has 1 heterocycles. The fraction of sp³-hybridized carbons (Fsp3) is 0.125. The van der Waals surface area contributed by atoms with Gasteiger partial charge in [0, 0.05) is 0 Å². The van der Waals surface area contributed by atoms with Crippen LogP contribution in [0.1, 0.15) is 31.8 Å². The van der Waals surface area contributed by atoms with Crippen molar-refractivity contribution in [3.8, 4) is 0 Å². The van der Waals surface area contributed by atoms with Gasteiger partial charge in [0.15, 0.2) is 0 Å². The van der Waals surface area contributed by atoms with Crippen molar-refractivity contribution >= 4 is 34.8 Å². The first-order valence-electron chi connectivity index (χ1n) is 6.45. The molecule has 5 heteroatoms. The number of rotatable bonds is 1. The van der Waals surface area contributed by atoms with Crippen molar-refractivity contribution in [2.75, 3.05) is 10.6 Å². The first kappa shape index (κ1) is 13.6. The molecule has 4 nitrogen and oxygen atoms in total. The molecule has 0 saturated heterocycles. The maximum atomic E-state index is 12.5. The van der Waals surface area contributed by atoms with Crippen LogP contribution in [-0.2, 0) is 0 Å². The van der Waals surface area contributed by atoms with Gasteiger partial charge in [-0.25, -0.2) is 4.90 Å². The molecule has 2 aromatic carbocycles. The topological polar surface area (TPSA) is 63.4 Å². The summed E-state index contributed by atoms with van der Waals surface area (Å²) < 4.78 is 0. The molecule has 2 amide bonds. The van der Waals surface area contributed by atoms with Crippen LogP contribution in [-0.4, -0.2) is 11.8 Å². The molecule has 21 heavy (non-hydrogen) atoms. The minimum atomic E-state index is -0.334. The number of hydrogen-bond donors (Lipinski definition) is 1. The van der Waals surface area contributed by atoms with Crippen molar-refractivity contribution in [2.24, 2.45) is 0 Å². The first-order valence-corrected chi connectivity index (χ1v) is 6.83. The summed E-state index contributed by atoms with van der Waals surface area (Å²) in [7, 11) is 0. The number of nitrogens with zero attached hydrogens (tertiary/aromatic N) is 1. The van der Waals surface area contributed by atoms with Crippen LogP contribution in [0.4, 0.5) is 11.4 Å². The third-order valence-corrected chi connectivity index (χ3v) is 3.93. The lowest BCUT2D eigenvalue weighted by Gasteiger charge is -2.17. The number of fused-ring (bicyclic) bond motifs is 1. The van der Waals surface area contributed by atoms with E-state index in [1.807, 2.05) is 13.0 Å². The van der Waals surface area contributed by atoms with Gasteiger partial charge in [-0.05, 0) is 43.7 Å². The van der Waals surface area contributed by atoms with Crippen LogP contribution < -0.4 is 10.6 Å². The second-order valence-electron chi connectivity index (χ2n) is 5.15. The highest BCUT2D eigenvalue weighted by Crippen LogP contribution is 2.34. The number of aryl methyl sites for hydroxylation is 2. The minimum absolute atomic E-state index is 0.323. The van der Waals surface area contributed by atoms with E-state index in [1.165, 1.54) is 0 Å². The molecule has 2 N–H and O–H groups in total. The molecule has 1 aliphatic rings. The van der Waals surface area contributed by atoms with E-state index in [1.54, 1.807) is 31.2 Å². The van der Waals surface area contributed by atoms with Crippen LogP contribution in [0.2, 0.25) is 5.02 Å². The van der Waals surface area contributed by atoms with Gasteiger partial charge in [0.05, 0.1) is 27.5 Å². The Kier molecular flexibility index (Phi) is 2.99. The van der Waals surface area contributed by atoms with Crippen LogP contribution >= 0.6 is 11.6 Å². The van der Waals surface area contributed by atoms with Gasteiger partial charge in [-0.3, -0.25) is 9.59 Å². The number of nitrogen functional groups attached to an aromatic ring is 1.